The topological polar surface area (TPSA) is 85.9 Å². The Morgan fingerprint density at radius 1 is 1.23 bits per heavy atom. The molecule has 0 aromatic heterocycles. The Hall–Kier alpha value is -2.24. The molecule has 2 amide bonds. The molecule has 3 N–H and O–H groups in total. The van der Waals surface area contributed by atoms with E-state index in [-0.39, 0.29) is 0 Å². The van der Waals surface area contributed by atoms with Gasteiger partial charge in [0.2, 0.25) is 0 Å². The molecule has 1 aromatic rings. The Bertz CT molecular complexity index is 552. The molecule has 120 valence electrons. The molecule has 0 radical (unpaired) electrons. The van der Waals surface area contributed by atoms with E-state index in [1.807, 2.05) is 18.2 Å². The van der Waals surface area contributed by atoms with E-state index in [9.17, 15) is 4.79 Å². The Morgan fingerprint density at radius 2 is 1.95 bits per heavy atom. The van der Waals surface area contributed by atoms with Gasteiger partial charge in [-0.15, -0.1) is 0 Å². The van der Waals surface area contributed by atoms with E-state index >= 15 is 0 Å². The number of hydrogen-bond donors (Lipinski definition) is 2. The third-order valence-corrected chi connectivity index (χ3v) is 3.96. The SMILES string of the molecule is COc1ccc(/C(=N\NC(N)=O)C2CCCCC2)c(OC)c1. The average Bonchev–Trinajstić information content (AvgIpc) is 2.56. The van der Waals surface area contributed by atoms with Gasteiger partial charge >= 0.3 is 6.03 Å². The zero-order valence-corrected chi connectivity index (χ0v) is 13.1. The number of amides is 2. The van der Waals surface area contributed by atoms with Crippen molar-refractivity contribution < 1.29 is 14.3 Å². The van der Waals surface area contributed by atoms with Crippen LogP contribution in [0.3, 0.4) is 0 Å². The number of urea groups is 1. The lowest BCUT2D eigenvalue weighted by Gasteiger charge is -2.24. The second kappa shape index (κ2) is 7.68. The predicted octanol–water partition coefficient (Wildman–Crippen LogP) is 2.66. The van der Waals surface area contributed by atoms with E-state index in [4.69, 9.17) is 15.2 Å². The van der Waals surface area contributed by atoms with Crippen LogP contribution >= 0.6 is 0 Å². The predicted molar refractivity (Wildman–Crippen MR) is 85.4 cm³/mol. The van der Waals surface area contributed by atoms with Crippen LogP contribution in [0.2, 0.25) is 0 Å². The van der Waals surface area contributed by atoms with Gasteiger partial charge in [0.05, 0.1) is 19.9 Å². The van der Waals surface area contributed by atoms with Gasteiger partial charge in [0.25, 0.3) is 0 Å². The van der Waals surface area contributed by atoms with Crippen LogP contribution in [0, 0.1) is 5.92 Å². The maximum atomic E-state index is 11.0. The van der Waals surface area contributed by atoms with Crippen LogP contribution in [0.4, 0.5) is 4.79 Å². The monoisotopic (exact) mass is 305 g/mol. The minimum atomic E-state index is -0.666. The van der Waals surface area contributed by atoms with E-state index in [1.54, 1.807) is 14.2 Å². The number of methoxy groups -OCH3 is 2. The van der Waals surface area contributed by atoms with Crippen molar-refractivity contribution in [1.29, 1.82) is 0 Å². The summed E-state index contributed by atoms with van der Waals surface area (Å²) in [5, 5.41) is 4.25. The van der Waals surface area contributed by atoms with Gasteiger partial charge in [0.15, 0.2) is 0 Å². The van der Waals surface area contributed by atoms with Crippen LogP contribution in [0.15, 0.2) is 23.3 Å². The molecule has 1 aliphatic carbocycles. The third kappa shape index (κ3) is 3.90. The molecule has 0 spiro atoms. The van der Waals surface area contributed by atoms with Crippen LogP contribution in [-0.2, 0) is 0 Å². The van der Waals surface area contributed by atoms with E-state index in [0.29, 0.717) is 17.4 Å². The van der Waals surface area contributed by atoms with Gasteiger partial charge in [-0.2, -0.15) is 5.10 Å². The number of benzene rings is 1. The Kier molecular flexibility index (Phi) is 5.63. The molecule has 0 unspecified atom stereocenters. The summed E-state index contributed by atoms with van der Waals surface area (Å²) < 4.78 is 10.7. The number of nitrogens with zero attached hydrogens (tertiary/aromatic N) is 1. The quantitative estimate of drug-likeness (QED) is 0.647. The summed E-state index contributed by atoms with van der Waals surface area (Å²) in [5.41, 5.74) is 9.20. The highest BCUT2D eigenvalue weighted by Gasteiger charge is 2.24. The molecule has 1 aromatic carbocycles. The number of ether oxygens (including phenoxy) is 2. The van der Waals surface area contributed by atoms with Crippen molar-refractivity contribution >= 4 is 11.7 Å². The zero-order valence-electron chi connectivity index (χ0n) is 13.1. The zero-order chi connectivity index (χ0) is 15.9. The summed E-state index contributed by atoms with van der Waals surface area (Å²) >= 11 is 0. The number of primary amides is 1. The lowest BCUT2D eigenvalue weighted by molar-refractivity contribution is 0.249. The highest BCUT2D eigenvalue weighted by molar-refractivity contribution is 6.05. The van der Waals surface area contributed by atoms with Crippen LogP contribution in [0.25, 0.3) is 0 Å². The summed E-state index contributed by atoms with van der Waals surface area (Å²) in [7, 11) is 3.22. The fraction of sp³-hybridized carbons (Fsp3) is 0.500. The van der Waals surface area contributed by atoms with Crippen molar-refractivity contribution in [1.82, 2.24) is 5.43 Å². The molecule has 1 fully saturated rings. The molecular formula is C16H23N3O3. The van der Waals surface area contributed by atoms with Gasteiger partial charge in [0, 0.05) is 17.5 Å². The van der Waals surface area contributed by atoms with Gasteiger partial charge in [0.1, 0.15) is 11.5 Å². The molecule has 0 saturated heterocycles. The highest BCUT2D eigenvalue weighted by Crippen LogP contribution is 2.32. The number of nitrogens with two attached hydrogens (primary N) is 1. The molecule has 2 rings (SSSR count). The first-order valence-electron chi connectivity index (χ1n) is 7.51. The van der Waals surface area contributed by atoms with E-state index in [0.717, 1.165) is 24.1 Å². The van der Waals surface area contributed by atoms with Crippen LogP contribution in [0.1, 0.15) is 37.7 Å². The Morgan fingerprint density at radius 3 is 2.55 bits per heavy atom. The van der Waals surface area contributed by atoms with Crippen molar-refractivity contribution in [3.8, 4) is 11.5 Å². The fourth-order valence-corrected chi connectivity index (χ4v) is 2.87. The molecule has 22 heavy (non-hydrogen) atoms. The number of rotatable bonds is 5. The van der Waals surface area contributed by atoms with E-state index in [1.165, 1.54) is 19.3 Å². The lowest BCUT2D eigenvalue weighted by atomic mass is 9.83. The van der Waals surface area contributed by atoms with Crippen molar-refractivity contribution in [2.45, 2.75) is 32.1 Å². The van der Waals surface area contributed by atoms with Gasteiger partial charge in [-0.05, 0) is 25.0 Å². The van der Waals surface area contributed by atoms with Gasteiger partial charge in [-0.3, -0.25) is 0 Å². The summed E-state index contributed by atoms with van der Waals surface area (Å²) in [6.07, 6.45) is 5.67. The molecule has 0 bridgehead atoms. The summed E-state index contributed by atoms with van der Waals surface area (Å²) in [5.74, 6) is 1.68. The number of hydrogen-bond acceptors (Lipinski definition) is 4. The minimum absolute atomic E-state index is 0.294. The molecule has 0 atom stereocenters. The second-order valence-electron chi connectivity index (χ2n) is 5.37. The van der Waals surface area contributed by atoms with Crippen LogP contribution < -0.4 is 20.6 Å². The maximum absolute atomic E-state index is 11.0. The first kappa shape index (κ1) is 16.1. The van der Waals surface area contributed by atoms with Gasteiger partial charge in [-0.25, -0.2) is 10.2 Å². The molecule has 6 heteroatoms. The summed E-state index contributed by atoms with van der Waals surface area (Å²) in [6, 6.07) is 4.92. The first-order valence-corrected chi connectivity index (χ1v) is 7.51. The normalized spacial score (nSPS) is 16.2. The molecule has 0 heterocycles. The highest BCUT2D eigenvalue weighted by atomic mass is 16.5. The van der Waals surface area contributed by atoms with Gasteiger partial charge in [-0.1, -0.05) is 19.3 Å². The van der Waals surface area contributed by atoms with Crippen molar-refractivity contribution in [2.24, 2.45) is 16.8 Å². The molecule has 6 nitrogen and oxygen atoms in total. The number of nitrogens with one attached hydrogen (secondary N) is 1. The number of carbonyl (C=O) groups is 1. The lowest BCUT2D eigenvalue weighted by Crippen LogP contribution is -2.29. The van der Waals surface area contributed by atoms with Crippen molar-refractivity contribution in [3.63, 3.8) is 0 Å². The molecule has 0 aliphatic heterocycles. The van der Waals surface area contributed by atoms with Crippen LogP contribution in [-0.4, -0.2) is 26.0 Å². The smallest absolute Gasteiger partial charge is 0.332 e. The molecule has 1 saturated carbocycles. The van der Waals surface area contributed by atoms with E-state index in [2.05, 4.69) is 10.5 Å². The largest absolute Gasteiger partial charge is 0.497 e. The van der Waals surface area contributed by atoms with Crippen molar-refractivity contribution in [3.05, 3.63) is 23.8 Å². The number of carbonyl (C=O) groups excluding carboxylic acids is 1. The van der Waals surface area contributed by atoms with Crippen LogP contribution in [0.5, 0.6) is 11.5 Å². The summed E-state index contributed by atoms with van der Waals surface area (Å²) in [4.78, 5) is 11.0. The third-order valence-electron chi connectivity index (χ3n) is 3.96. The number of hydrazone groups is 1. The first-order chi connectivity index (χ1) is 10.7. The standard InChI is InChI=1S/C16H23N3O3/c1-21-12-8-9-13(14(10-12)22-2)15(18-19-16(17)20)11-6-4-3-5-7-11/h8-11H,3-7H2,1-2H3,(H3,17,19,20)/b18-15-. The minimum Gasteiger partial charge on any atom is -0.497 e. The van der Waals surface area contributed by atoms with E-state index < -0.39 is 6.03 Å². The van der Waals surface area contributed by atoms with Gasteiger partial charge < -0.3 is 15.2 Å². The van der Waals surface area contributed by atoms with Crippen molar-refractivity contribution in [2.75, 3.05) is 14.2 Å². The summed E-state index contributed by atoms with van der Waals surface area (Å²) in [6.45, 7) is 0. The fourth-order valence-electron chi connectivity index (χ4n) is 2.87. The Labute approximate surface area is 130 Å². The average molecular weight is 305 g/mol. The second-order valence-corrected chi connectivity index (χ2v) is 5.37. The molecule has 1 aliphatic rings. The Balaban J connectivity index is 2.39. The molecular weight excluding hydrogens is 282 g/mol. The maximum Gasteiger partial charge on any atom is 0.332 e.